The lowest BCUT2D eigenvalue weighted by Crippen LogP contribution is -2.35. The number of fused-ring (bicyclic) bond motifs is 1. The van der Waals surface area contributed by atoms with Crippen molar-refractivity contribution < 1.29 is 28.2 Å². The molecule has 2 aromatic heterocycles. The second-order valence-electron chi connectivity index (χ2n) is 5.71. The first-order valence-electron chi connectivity index (χ1n) is 7.46. The summed E-state index contributed by atoms with van der Waals surface area (Å²) in [5, 5.41) is 18.5. The van der Waals surface area contributed by atoms with Gasteiger partial charge in [0, 0.05) is 24.9 Å². The number of hydrogen-bond acceptors (Lipinski definition) is 4. The molecule has 0 radical (unpaired) electrons. The van der Waals surface area contributed by atoms with Crippen LogP contribution in [0.15, 0.2) is 24.7 Å². The van der Waals surface area contributed by atoms with Gasteiger partial charge in [0.2, 0.25) is 0 Å². The summed E-state index contributed by atoms with van der Waals surface area (Å²) in [7, 11) is 0. The number of aromatic nitrogens is 3. The maximum absolute atomic E-state index is 12.8. The topological polar surface area (TPSA) is 91.5 Å². The predicted octanol–water partition coefficient (Wildman–Crippen LogP) is 1.96. The maximum atomic E-state index is 12.8. The first-order chi connectivity index (χ1) is 11.8. The molecule has 0 saturated carbocycles. The molecule has 7 nitrogen and oxygen atoms in total. The Kier molecular flexibility index (Phi) is 4.38. The van der Waals surface area contributed by atoms with Crippen molar-refractivity contribution in [1.29, 1.82) is 0 Å². The van der Waals surface area contributed by atoms with Crippen molar-refractivity contribution in [3.8, 4) is 0 Å². The Hall–Kier alpha value is -2.62. The van der Waals surface area contributed by atoms with Gasteiger partial charge in [0.05, 0.1) is 30.8 Å². The Morgan fingerprint density at radius 3 is 2.80 bits per heavy atom. The lowest BCUT2D eigenvalue weighted by Gasteiger charge is -2.24. The lowest BCUT2D eigenvalue weighted by atomic mass is 10.1. The van der Waals surface area contributed by atoms with Gasteiger partial charge in [-0.05, 0) is 11.6 Å². The van der Waals surface area contributed by atoms with Gasteiger partial charge in [0.1, 0.15) is 0 Å². The van der Waals surface area contributed by atoms with E-state index in [4.69, 9.17) is 5.11 Å². The summed E-state index contributed by atoms with van der Waals surface area (Å²) in [5.74, 6) is 0. The molecule has 2 N–H and O–H groups in total. The maximum Gasteiger partial charge on any atom is 0.420 e. The Labute approximate surface area is 140 Å². The van der Waals surface area contributed by atoms with Crippen LogP contribution in [-0.4, -0.2) is 48.5 Å². The summed E-state index contributed by atoms with van der Waals surface area (Å²) < 4.78 is 40.1. The average Bonchev–Trinajstić information content (AvgIpc) is 2.96. The fourth-order valence-corrected chi connectivity index (χ4v) is 2.84. The number of rotatable bonds is 3. The van der Waals surface area contributed by atoms with Crippen LogP contribution in [0.4, 0.5) is 18.0 Å². The molecule has 2 aromatic rings. The molecule has 1 atom stereocenters. The van der Waals surface area contributed by atoms with Crippen LogP contribution in [-0.2, 0) is 19.5 Å². The van der Waals surface area contributed by atoms with Crippen LogP contribution in [0.3, 0.4) is 0 Å². The van der Waals surface area contributed by atoms with E-state index in [1.54, 1.807) is 4.57 Å². The Balaban J connectivity index is 1.87. The molecule has 1 unspecified atom stereocenters. The van der Waals surface area contributed by atoms with Crippen molar-refractivity contribution >= 4 is 6.09 Å². The van der Waals surface area contributed by atoms with Crippen LogP contribution in [0.25, 0.3) is 0 Å². The van der Waals surface area contributed by atoms with Gasteiger partial charge in [-0.2, -0.15) is 13.2 Å². The molecule has 0 bridgehead atoms. The normalized spacial score (nSPS) is 15.8. The molecular formula is C15H15F3N4O3. The zero-order valence-corrected chi connectivity index (χ0v) is 12.9. The van der Waals surface area contributed by atoms with Crippen LogP contribution < -0.4 is 0 Å². The lowest BCUT2D eigenvalue weighted by molar-refractivity contribution is -0.208. The van der Waals surface area contributed by atoms with E-state index in [2.05, 4.69) is 9.97 Å². The summed E-state index contributed by atoms with van der Waals surface area (Å²) in [6, 6.07) is 2.97. The fourth-order valence-electron chi connectivity index (χ4n) is 2.84. The second kappa shape index (κ2) is 6.36. The monoisotopic (exact) mass is 356 g/mol. The first kappa shape index (κ1) is 17.2. The summed E-state index contributed by atoms with van der Waals surface area (Å²) in [6.07, 6.45) is -5.43. The number of aliphatic hydroxyl groups excluding tert-OH is 1. The molecule has 0 aromatic carbocycles. The third-order valence-corrected chi connectivity index (χ3v) is 4.10. The zero-order valence-electron chi connectivity index (χ0n) is 12.9. The standard InChI is InChI=1S/C15H15F3N4O3/c16-15(17,18)13(23)12-9(2-1-4-19-12)6-22-8-20-10-7-21(14(24)25)5-3-11(10)22/h1-2,4,8,13,23H,3,5-7H2,(H,24,25). The molecule has 3 heterocycles. The fraction of sp³-hybridized carbons (Fsp3) is 0.400. The highest BCUT2D eigenvalue weighted by molar-refractivity contribution is 5.65. The summed E-state index contributed by atoms with van der Waals surface area (Å²) in [4.78, 5) is 20.1. The summed E-state index contributed by atoms with van der Waals surface area (Å²) in [6.45, 7) is 0.494. The van der Waals surface area contributed by atoms with E-state index in [1.165, 1.54) is 29.6 Å². The van der Waals surface area contributed by atoms with Gasteiger partial charge < -0.3 is 19.7 Å². The minimum Gasteiger partial charge on any atom is -0.465 e. The number of hydrogen-bond donors (Lipinski definition) is 2. The molecule has 0 aliphatic carbocycles. The van der Waals surface area contributed by atoms with Crippen molar-refractivity contribution in [3.05, 3.63) is 47.3 Å². The molecule has 0 fully saturated rings. The SMILES string of the molecule is O=C(O)N1CCc2c(ncn2Cc2cccnc2C(O)C(F)(F)F)C1. The van der Waals surface area contributed by atoms with Crippen molar-refractivity contribution in [1.82, 2.24) is 19.4 Å². The zero-order chi connectivity index (χ0) is 18.2. The third kappa shape index (κ3) is 3.43. The Morgan fingerprint density at radius 1 is 1.36 bits per heavy atom. The summed E-state index contributed by atoms with van der Waals surface area (Å²) in [5.41, 5.74) is 1.14. The quantitative estimate of drug-likeness (QED) is 0.877. The van der Waals surface area contributed by atoms with Crippen LogP contribution in [0, 0.1) is 0 Å². The number of pyridine rings is 1. The largest absolute Gasteiger partial charge is 0.465 e. The number of imidazole rings is 1. The highest BCUT2D eigenvalue weighted by Gasteiger charge is 2.41. The number of carbonyl (C=O) groups is 1. The van der Waals surface area contributed by atoms with Crippen molar-refractivity contribution in [2.24, 2.45) is 0 Å². The molecule has 0 spiro atoms. The molecule has 10 heteroatoms. The molecule has 134 valence electrons. The molecule has 1 amide bonds. The van der Waals surface area contributed by atoms with Crippen LogP contribution in [0.1, 0.15) is 28.7 Å². The number of amides is 1. The molecular weight excluding hydrogens is 341 g/mol. The van der Waals surface area contributed by atoms with Gasteiger partial charge in [-0.15, -0.1) is 0 Å². The molecule has 0 saturated heterocycles. The smallest absolute Gasteiger partial charge is 0.420 e. The molecule has 3 rings (SSSR count). The summed E-state index contributed by atoms with van der Waals surface area (Å²) >= 11 is 0. The highest BCUT2D eigenvalue weighted by atomic mass is 19.4. The van der Waals surface area contributed by atoms with Gasteiger partial charge >= 0.3 is 12.3 Å². The van der Waals surface area contributed by atoms with Crippen molar-refractivity contribution in [2.75, 3.05) is 6.54 Å². The van der Waals surface area contributed by atoms with Crippen molar-refractivity contribution in [2.45, 2.75) is 31.8 Å². The van der Waals surface area contributed by atoms with Crippen LogP contribution in [0.2, 0.25) is 0 Å². The third-order valence-electron chi connectivity index (χ3n) is 4.10. The minimum absolute atomic E-state index is 0.0612. The first-order valence-corrected chi connectivity index (χ1v) is 7.46. The van der Waals surface area contributed by atoms with Gasteiger partial charge in [0.25, 0.3) is 0 Å². The van der Waals surface area contributed by atoms with Gasteiger partial charge in [-0.3, -0.25) is 4.98 Å². The van der Waals surface area contributed by atoms with Gasteiger partial charge in [-0.25, -0.2) is 9.78 Å². The van der Waals surface area contributed by atoms with E-state index in [-0.39, 0.29) is 18.7 Å². The average molecular weight is 356 g/mol. The molecule has 25 heavy (non-hydrogen) atoms. The van der Waals surface area contributed by atoms with E-state index < -0.39 is 24.1 Å². The number of carboxylic acid groups (broad SMARTS) is 1. The van der Waals surface area contributed by atoms with E-state index in [0.717, 1.165) is 5.69 Å². The van der Waals surface area contributed by atoms with Crippen LogP contribution in [0.5, 0.6) is 0 Å². The van der Waals surface area contributed by atoms with Gasteiger partial charge in [0.15, 0.2) is 6.10 Å². The minimum atomic E-state index is -4.81. The second-order valence-corrected chi connectivity index (χ2v) is 5.71. The number of alkyl halides is 3. The predicted molar refractivity (Wildman–Crippen MR) is 78.7 cm³/mol. The number of aliphatic hydroxyl groups is 1. The molecule has 1 aliphatic heterocycles. The van der Waals surface area contributed by atoms with E-state index in [0.29, 0.717) is 18.7 Å². The van der Waals surface area contributed by atoms with E-state index >= 15 is 0 Å². The molecule has 1 aliphatic rings. The number of halogens is 3. The van der Waals surface area contributed by atoms with Gasteiger partial charge in [-0.1, -0.05) is 6.07 Å². The van der Waals surface area contributed by atoms with E-state index in [9.17, 15) is 23.1 Å². The Morgan fingerprint density at radius 2 is 2.12 bits per heavy atom. The highest BCUT2D eigenvalue weighted by Crippen LogP contribution is 2.33. The van der Waals surface area contributed by atoms with Crippen LogP contribution >= 0.6 is 0 Å². The Bertz CT molecular complexity index is 791. The van der Waals surface area contributed by atoms with E-state index in [1.807, 2.05) is 0 Å². The van der Waals surface area contributed by atoms with Crippen molar-refractivity contribution in [3.63, 3.8) is 0 Å². The number of nitrogens with zero attached hydrogens (tertiary/aromatic N) is 4.